The summed E-state index contributed by atoms with van der Waals surface area (Å²) in [6.07, 6.45) is 1.82. The third-order valence-electron chi connectivity index (χ3n) is 3.01. The van der Waals surface area contributed by atoms with Crippen molar-refractivity contribution in [2.45, 2.75) is 32.8 Å². The van der Waals surface area contributed by atoms with Gasteiger partial charge in [-0.25, -0.2) is 0 Å². The summed E-state index contributed by atoms with van der Waals surface area (Å²) in [7, 11) is 1.65. The Hall–Kier alpha value is -1.06. The zero-order chi connectivity index (χ0) is 13.4. The van der Waals surface area contributed by atoms with E-state index in [1.54, 1.807) is 7.11 Å². The first-order valence-electron chi connectivity index (χ1n) is 6.75. The molecule has 1 aromatic rings. The van der Waals surface area contributed by atoms with E-state index in [0.29, 0.717) is 6.54 Å². The van der Waals surface area contributed by atoms with E-state index in [1.807, 2.05) is 24.3 Å². The van der Waals surface area contributed by atoms with Gasteiger partial charge in [0.05, 0.1) is 13.2 Å². The molecule has 0 saturated carbocycles. The molecular weight excluding hydrogens is 226 g/mol. The lowest BCUT2D eigenvalue weighted by Gasteiger charge is -2.24. The predicted octanol–water partition coefficient (Wildman–Crippen LogP) is 2.85. The molecule has 0 heterocycles. The smallest absolute Gasteiger partial charge is 0.118 e. The predicted molar refractivity (Wildman–Crippen MR) is 75.0 cm³/mol. The summed E-state index contributed by atoms with van der Waals surface area (Å²) >= 11 is 0. The molecule has 18 heavy (non-hydrogen) atoms. The summed E-state index contributed by atoms with van der Waals surface area (Å²) in [5.41, 5.74) is 0.952. The van der Waals surface area contributed by atoms with Crippen LogP contribution >= 0.6 is 0 Å². The highest BCUT2D eigenvalue weighted by molar-refractivity contribution is 5.28. The molecule has 0 saturated heterocycles. The monoisotopic (exact) mass is 251 g/mol. The molecular formula is C15H25NO2. The fourth-order valence-corrected chi connectivity index (χ4v) is 2.10. The highest BCUT2D eigenvalue weighted by atomic mass is 16.5. The molecule has 0 aliphatic heterocycles. The normalized spacial score (nSPS) is 12.7. The minimum Gasteiger partial charge on any atom is -0.497 e. The fourth-order valence-electron chi connectivity index (χ4n) is 2.10. The molecule has 0 amide bonds. The van der Waals surface area contributed by atoms with Gasteiger partial charge in [0.25, 0.3) is 0 Å². The molecule has 0 radical (unpaired) electrons. The maximum atomic E-state index is 10.2. The maximum Gasteiger partial charge on any atom is 0.118 e. The second-order valence-corrected chi connectivity index (χ2v) is 4.59. The number of benzene rings is 1. The number of aliphatic hydroxyl groups is 1. The standard InChI is InChI=1S/C15H25NO2/c1-4-10-16(11-5-2)12-15(17)13-6-8-14(18-3)9-7-13/h6-9,15,17H,4-5,10-12H2,1-3H3. The molecule has 1 N–H and O–H groups in total. The Labute approximate surface area is 110 Å². The van der Waals surface area contributed by atoms with Crippen LogP contribution < -0.4 is 4.74 Å². The van der Waals surface area contributed by atoms with Crippen molar-refractivity contribution >= 4 is 0 Å². The number of nitrogens with zero attached hydrogens (tertiary/aromatic N) is 1. The van der Waals surface area contributed by atoms with Crippen LogP contribution in [0.3, 0.4) is 0 Å². The summed E-state index contributed by atoms with van der Waals surface area (Å²) in [5, 5.41) is 10.2. The Morgan fingerprint density at radius 3 is 2.11 bits per heavy atom. The van der Waals surface area contributed by atoms with E-state index in [4.69, 9.17) is 4.74 Å². The molecule has 3 nitrogen and oxygen atoms in total. The highest BCUT2D eigenvalue weighted by Crippen LogP contribution is 2.18. The Balaban J connectivity index is 2.58. The Morgan fingerprint density at radius 1 is 1.11 bits per heavy atom. The van der Waals surface area contributed by atoms with Crippen molar-refractivity contribution < 1.29 is 9.84 Å². The van der Waals surface area contributed by atoms with Crippen molar-refractivity contribution in [1.29, 1.82) is 0 Å². The summed E-state index contributed by atoms with van der Waals surface area (Å²) in [4.78, 5) is 2.31. The first-order valence-corrected chi connectivity index (χ1v) is 6.75. The van der Waals surface area contributed by atoms with Crippen LogP contribution in [-0.2, 0) is 0 Å². The van der Waals surface area contributed by atoms with Crippen LogP contribution in [0.5, 0.6) is 5.75 Å². The summed E-state index contributed by atoms with van der Waals surface area (Å²) in [5.74, 6) is 0.824. The molecule has 102 valence electrons. The average molecular weight is 251 g/mol. The molecule has 0 bridgehead atoms. The fraction of sp³-hybridized carbons (Fsp3) is 0.600. The van der Waals surface area contributed by atoms with Crippen LogP contribution in [0.1, 0.15) is 38.4 Å². The number of rotatable bonds is 8. The Kier molecular flexibility index (Phi) is 6.76. The van der Waals surface area contributed by atoms with Gasteiger partial charge in [-0.15, -0.1) is 0 Å². The van der Waals surface area contributed by atoms with Crippen molar-refractivity contribution in [2.75, 3.05) is 26.7 Å². The number of aliphatic hydroxyl groups excluding tert-OH is 1. The van der Waals surface area contributed by atoms with Gasteiger partial charge < -0.3 is 14.7 Å². The van der Waals surface area contributed by atoms with Gasteiger partial charge in [0.1, 0.15) is 5.75 Å². The van der Waals surface area contributed by atoms with Crippen molar-refractivity contribution in [2.24, 2.45) is 0 Å². The second kappa shape index (κ2) is 8.11. The minimum atomic E-state index is -0.422. The van der Waals surface area contributed by atoms with E-state index in [2.05, 4.69) is 18.7 Å². The number of hydrogen-bond acceptors (Lipinski definition) is 3. The number of ether oxygens (including phenoxy) is 1. The van der Waals surface area contributed by atoms with Crippen LogP contribution in [0.15, 0.2) is 24.3 Å². The molecule has 0 aliphatic rings. The summed E-state index contributed by atoms with van der Waals surface area (Å²) < 4.78 is 5.12. The van der Waals surface area contributed by atoms with Crippen LogP contribution in [0.25, 0.3) is 0 Å². The average Bonchev–Trinajstić information content (AvgIpc) is 2.39. The first kappa shape index (κ1) is 15.0. The van der Waals surface area contributed by atoms with Gasteiger partial charge in [0, 0.05) is 6.54 Å². The third-order valence-corrected chi connectivity index (χ3v) is 3.01. The molecule has 1 aromatic carbocycles. The molecule has 0 spiro atoms. The molecule has 0 aliphatic carbocycles. The summed E-state index contributed by atoms with van der Waals surface area (Å²) in [6, 6.07) is 7.64. The van der Waals surface area contributed by atoms with Crippen molar-refractivity contribution in [1.82, 2.24) is 4.90 Å². The van der Waals surface area contributed by atoms with Gasteiger partial charge in [0.2, 0.25) is 0 Å². The minimum absolute atomic E-state index is 0.422. The molecule has 1 unspecified atom stereocenters. The lowest BCUT2D eigenvalue weighted by molar-refractivity contribution is 0.113. The van der Waals surface area contributed by atoms with Gasteiger partial charge in [-0.3, -0.25) is 0 Å². The zero-order valence-corrected chi connectivity index (χ0v) is 11.7. The topological polar surface area (TPSA) is 32.7 Å². The maximum absolute atomic E-state index is 10.2. The SMILES string of the molecule is CCCN(CCC)CC(O)c1ccc(OC)cc1. The molecule has 0 aromatic heterocycles. The van der Waals surface area contributed by atoms with Gasteiger partial charge in [0.15, 0.2) is 0 Å². The van der Waals surface area contributed by atoms with Crippen LogP contribution in [0.4, 0.5) is 0 Å². The van der Waals surface area contributed by atoms with E-state index in [-0.39, 0.29) is 0 Å². The van der Waals surface area contributed by atoms with Crippen LogP contribution in [0.2, 0.25) is 0 Å². The van der Waals surface area contributed by atoms with Crippen LogP contribution in [-0.4, -0.2) is 36.8 Å². The largest absolute Gasteiger partial charge is 0.497 e. The zero-order valence-electron chi connectivity index (χ0n) is 11.7. The molecule has 1 atom stereocenters. The van der Waals surface area contributed by atoms with Gasteiger partial charge in [-0.05, 0) is 43.6 Å². The highest BCUT2D eigenvalue weighted by Gasteiger charge is 2.12. The second-order valence-electron chi connectivity index (χ2n) is 4.59. The lowest BCUT2D eigenvalue weighted by Crippen LogP contribution is -2.30. The Morgan fingerprint density at radius 2 is 1.67 bits per heavy atom. The van der Waals surface area contributed by atoms with E-state index in [1.165, 1.54) is 0 Å². The quantitative estimate of drug-likeness (QED) is 0.771. The number of methoxy groups -OCH3 is 1. The van der Waals surface area contributed by atoms with Crippen molar-refractivity contribution in [3.8, 4) is 5.75 Å². The summed E-state index contributed by atoms with van der Waals surface area (Å²) in [6.45, 7) is 7.13. The first-order chi connectivity index (χ1) is 8.71. The lowest BCUT2D eigenvalue weighted by atomic mass is 10.1. The molecule has 3 heteroatoms. The van der Waals surface area contributed by atoms with Gasteiger partial charge in [-0.2, -0.15) is 0 Å². The molecule has 1 rings (SSSR count). The van der Waals surface area contributed by atoms with E-state index >= 15 is 0 Å². The van der Waals surface area contributed by atoms with E-state index in [0.717, 1.165) is 37.2 Å². The Bertz CT molecular complexity index is 318. The van der Waals surface area contributed by atoms with E-state index < -0.39 is 6.10 Å². The van der Waals surface area contributed by atoms with Gasteiger partial charge in [-0.1, -0.05) is 26.0 Å². The molecule has 0 fully saturated rings. The van der Waals surface area contributed by atoms with Crippen molar-refractivity contribution in [3.63, 3.8) is 0 Å². The van der Waals surface area contributed by atoms with Crippen LogP contribution in [0, 0.1) is 0 Å². The van der Waals surface area contributed by atoms with E-state index in [9.17, 15) is 5.11 Å². The number of hydrogen-bond donors (Lipinski definition) is 1. The van der Waals surface area contributed by atoms with Crippen molar-refractivity contribution in [3.05, 3.63) is 29.8 Å². The van der Waals surface area contributed by atoms with Gasteiger partial charge >= 0.3 is 0 Å². The third kappa shape index (κ3) is 4.67.